The van der Waals surface area contributed by atoms with E-state index in [1.54, 1.807) is 0 Å². The van der Waals surface area contributed by atoms with E-state index in [1.165, 1.54) is 30.8 Å². The highest BCUT2D eigenvalue weighted by Crippen LogP contribution is 2.27. The van der Waals surface area contributed by atoms with Crippen LogP contribution in [0.5, 0.6) is 0 Å². The number of benzene rings is 1. The molecule has 4 heteroatoms. The van der Waals surface area contributed by atoms with Crippen molar-refractivity contribution in [2.24, 2.45) is 0 Å². The van der Waals surface area contributed by atoms with Gasteiger partial charge in [0.25, 0.3) is 0 Å². The van der Waals surface area contributed by atoms with Gasteiger partial charge in [0.2, 0.25) is 0 Å². The van der Waals surface area contributed by atoms with Crippen LogP contribution in [0.1, 0.15) is 18.9 Å². The molecule has 0 spiro atoms. The zero-order valence-corrected chi connectivity index (χ0v) is 12.6. The number of thioether (sulfide) groups is 1. The second-order valence-corrected chi connectivity index (χ2v) is 6.66. The number of anilines is 1. The van der Waals surface area contributed by atoms with E-state index in [-0.39, 0.29) is 0 Å². The molecule has 2 nitrogen and oxygen atoms in total. The number of nitrogen functional groups attached to an aromatic ring is 1. The highest BCUT2D eigenvalue weighted by Gasteiger charge is 2.19. The Morgan fingerprint density at radius 3 is 3.12 bits per heavy atom. The van der Waals surface area contributed by atoms with Crippen molar-refractivity contribution in [1.82, 2.24) is 4.90 Å². The number of halogens is 1. The van der Waals surface area contributed by atoms with Gasteiger partial charge in [-0.1, -0.05) is 19.1 Å². The van der Waals surface area contributed by atoms with Gasteiger partial charge in [0, 0.05) is 40.8 Å². The molecular weight excluding hydrogens is 296 g/mol. The van der Waals surface area contributed by atoms with E-state index in [9.17, 15) is 0 Å². The van der Waals surface area contributed by atoms with Gasteiger partial charge in [-0.3, -0.25) is 4.90 Å². The molecule has 1 aliphatic heterocycles. The SMILES string of the molecule is CCC1CN(Cc2cccc(N)c2Br)CCS1. The lowest BCUT2D eigenvalue weighted by Gasteiger charge is -2.32. The van der Waals surface area contributed by atoms with Crippen molar-refractivity contribution in [3.63, 3.8) is 0 Å². The normalized spacial score (nSPS) is 21.6. The van der Waals surface area contributed by atoms with Crippen molar-refractivity contribution in [2.45, 2.75) is 25.1 Å². The summed E-state index contributed by atoms with van der Waals surface area (Å²) in [4.78, 5) is 2.53. The van der Waals surface area contributed by atoms with Crippen molar-refractivity contribution in [1.29, 1.82) is 0 Å². The first-order valence-electron chi connectivity index (χ1n) is 6.07. The smallest absolute Gasteiger partial charge is 0.0461 e. The minimum Gasteiger partial charge on any atom is -0.398 e. The Bertz CT molecular complexity index is 384. The molecule has 0 radical (unpaired) electrons. The summed E-state index contributed by atoms with van der Waals surface area (Å²) < 4.78 is 1.06. The Kier molecular flexibility index (Phi) is 4.77. The fourth-order valence-corrected chi connectivity index (χ4v) is 3.77. The summed E-state index contributed by atoms with van der Waals surface area (Å²) in [7, 11) is 0. The van der Waals surface area contributed by atoms with Crippen molar-refractivity contribution < 1.29 is 0 Å². The predicted molar refractivity (Wildman–Crippen MR) is 80.4 cm³/mol. The lowest BCUT2D eigenvalue weighted by Crippen LogP contribution is -2.37. The van der Waals surface area contributed by atoms with Gasteiger partial charge in [0.05, 0.1) is 0 Å². The monoisotopic (exact) mass is 314 g/mol. The van der Waals surface area contributed by atoms with Crippen LogP contribution in [0.3, 0.4) is 0 Å². The zero-order chi connectivity index (χ0) is 12.3. The maximum absolute atomic E-state index is 5.91. The molecule has 0 aromatic heterocycles. The molecule has 0 amide bonds. The van der Waals surface area contributed by atoms with Gasteiger partial charge in [-0.15, -0.1) is 0 Å². The second-order valence-electron chi connectivity index (χ2n) is 4.46. The third-order valence-corrected chi connectivity index (χ3v) is 5.52. The summed E-state index contributed by atoms with van der Waals surface area (Å²) in [6.45, 7) is 5.66. The number of nitrogens with zero attached hydrogens (tertiary/aromatic N) is 1. The number of hydrogen-bond donors (Lipinski definition) is 1. The highest BCUT2D eigenvalue weighted by atomic mass is 79.9. The number of hydrogen-bond acceptors (Lipinski definition) is 3. The van der Waals surface area contributed by atoms with Gasteiger partial charge < -0.3 is 5.73 Å². The third kappa shape index (κ3) is 3.39. The van der Waals surface area contributed by atoms with Gasteiger partial charge in [0.15, 0.2) is 0 Å². The summed E-state index contributed by atoms with van der Waals surface area (Å²) >= 11 is 5.69. The Balaban J connectivity index is 2.02. The van der Waals surface area contributed by atoms with Gasteiger partial charge in [0.1, 0.15) is 0 Å². The second kappa shape index (κ2) is 6.12. The van der Waals surface area contributed by atoms with E-state index in [1.807, 2.05) is 12.1 Å². The van der Waals surface area contributed by atoms with Crippen molar-refractivity contribution in [3.8, 4) is 0 Å². The Hall–Kier alpha value is -0.190. The third-order valence-electron chi connectivity index (χ3n) is 3.18. The first-order valence-corrected chi connectivity index (χ1v) is 7.91. The van der Waals surface area contributed by atoms with Crippen LogP contribution in [-0.2, 0) is 6.54 Å². The van der Waals surface area contributed by atoms with Gasteiger partial charge in [-0.2, -0.15) is 11.8 Å². The molecule has 1 aromatic carbocycles. The first-order chi connectivity index (χ1) is 8.20. The summed E-state index contributed by atoms with van der Waals surface area (Å²) in [5, 5.41) is 0.795. The molecule has 0 bridgehead atoms. The van der Waals surface area contributed by atoms with E-state index in [2.05, 4.69) is 45.6 Å². The van der Waals surface area contributed by atoms with Gasteiger partial charge in [-0.25, -0.2) is 0 Å². The average Bonchev–Trinajstić information content (AvgIpc) is 2.35. The molecule has 1 aromatic rings. The molecule has 1 aliphatic rings. The molecular formula is C13H19BrN2S. The Morgan fingerprint density at radius 1 is 1.53 bits per heavy atom. The lowest BCUT2D eigenvalue weighted by atomic mass is 10.2. The first kappa shape index (κ1) is 13.2. The topological polar surface area (TPSA) is 29.3 Å². The van der Waals surface area contributed by atoms with Crippen LogP contribution in [-0.4, -0.2) is 29.0 Å². The molecule has 1 heterocycles. The Morgan fingerprint density at radius 2 is 2.35 bits per heavy atom. The van der Waals surface area contributed by atoms with Crippen LogP contribution < -0.4 is 5.73 Å². The summed E-state index contributed by atoms with van der Waals surface area (Å²) in [6.07, 6.45) is 1.26. The maximum atomic E-state index is 5.91. The lowest BCUT2D eigenvalue weighted by molar-refractivity contribution is 0.273. The number of rotatable bonds is 3. The van der Waals surface area contributed by atoms with E-state index in [4.69, 9.17) is 5.73 Å². The summed E-state index contributed by atoms with van der Waals surface area (Å²) in [5.74, 6) is 1.25. The Labute approximate surface area is 116 Å². The minimum absolute atomic E-state index is 0.795. The fourth-order valence-electron chi connectivity index (χ4n) is 2.13. The molecule has 1 atom stereocenters. The largest absolute Gasteiger partial charge is 0.398 e. The molecule has 94 valence electrons. The van der Waals surface area contributed by atoms with Crippen LogP contribution in [0.4, 0.5) is 5.69 Å². The summed E-state index contributed by atoms with van der Waals surface area (Å²) in [5.41, 5.74) is 8.04. The zero-order valence-electron chi connectivity index (χ0n) is 10.2. The molecule has 2 N–H and O–H groups in total. The molecule has 17 heavy (non-hydrogen) atoms. The minimum atomic E-state index is 0.795. The summed E-state index contributed by atoms with van der Waals surface area (Å²) in [6, 6.07) is 6.13. The predicted octanol–water partition coefficient (Wildman–Crippen LogP) is 3.36. The molecule has 1 unspecified atom stereocenters. The van der Waals surface area contributed by atoms with E-state index in [0.717, 1.165) is 22.0 Å². The van der Waals surface area contributed by atoms with Crippen LogP contribution in [0.2, 0.25) is 0 Å². The van der Waals surface area contributed by atoms with Crippen LogP contribution in [0, 0.1) is 0 Å². The van der Waals surface area contributed by atoms with E-state index in [0.29, 0.717) is 0 Å². The van der Waals surface area contributed by atoms with Crippen LogP contribution >= 0.6 is 27.7 Å². The quantitative estimate of drug-likeness (QED) is 0.867. The molecule has 0 saturated carbocycles. The molecule has 2 rings (SSSR count). The molecule has 1 saturated heterocycles. The van der Waals surface area contributed by atoms with Gasteiger partial charge >= 0.3 is 0 Å². The van der Waals surface area contributed by atoms with Crippen molar-refractivity contribution in [2.75, 3.05) is 24.6 Å². The fraction of sp³-hybridized carbons (Fsp3) is 0.538. The van der Waals surface area contributed by atoms with Crippen LogP contribution in [0.15, 0.2) is 22.7 Å². The molecule has 1 fully saturated rings. The standard InChI is InChI=1S/C13H19BrN2S/c1-2-11-9-16(6-7-17-11)8-10-4-3-5-12(15)13(10)14/h3-5,11H,2,6-9,15H2,1H3. The van der Waals surface area contributed by atoms with E-state index < -0.39 is 0 Å². The van der Waals surface area contributed by atoms with Crippen molar-refractivity contribution in [3.05, 3.63) is 28.2 Å². The highest BCUT2D eigenvalue weighted by molar-refractivity contribution is 9.10. The van der Waals surface area contributed by atoms with Gasteiger partial charge in [-0.05, 0) is 34.0 Å². The molecule has 0 aliphatic carbocycles. The van der Waals surface area contributed by atoms with Crippen molar-refractivity contribution >= 4 is 33.4 Å². The van der Waals surface area contributed by atoms with E-state index >= 15 is 0 Å². The average molecular weight is 315 g/mol. The maximum Gasteiger partial charge on any atom is 0.0461 e. The number of nitrogens with two attached hydrogens (primary N) is 1. The van der Waals surface area contributed by atoms with Crippen LogP contribution in [0.25, 0.3) is 0 Å².